The van der Waals surface area contributed by atoms with Gasteiger partial charge in [0.25, 0.3) is 0 Å². The lowest BCUT2D eigenvalue weighted by atomic mass is 9.70. The molecule has 1 fully saturated rings. The summed E-state index contributed by atoms with van der Waals surface area (Å²) in [6, 6.07) is 0. The van der Waals surface area contributed by atoms with E-state index in [4.69, 9.17) is 0 Å². The zero-order valence-electron chi connectivity index (χ0n) is 10.9. The highest BCUT2D eigenvalue weighted by Crippen LogP contribution is 2.39. The summed E-state index contributed by atoms with van der Waals surface area (Å²) in [5.41, 5.74) is 0.488. The van der Waals surface area contributed by atoms with E-state index in [1.54, 1.807) is 0 Å². The fraction of sp³-hybridized carbons (Fsp3) is 0.769. The highest BCUT2D eigenvalue weighted by atomic mass is 15.1. The van der Waals surface area contributed by atoms with E-state index in [0.717, 1.165) is 13.0 Å². The molecule has 1 saturated heterocycles. The quantitative estimate of drug-likeness (QED) is 0.829. The minimum absolute atomic E-state index is 0.214. The number of nitrogens with zero attached hydrogens (tertiary/aromatic N) is 2. The summed E-state index contributed by atoms with van der Waals surface area (Å²) >= 11 is 0. The van der Waals surface area contributed by atoms with Gasteiger partial charge in [-0.15, -0.1) is 0 Å². The van der Waals surface area contributed by atoms with E-state index in [1.807, 2.05) is 12.4 Å². The van der Waals surface area contributed by atoms with Crippen LogP contribution in [0.3, 0.4) is 0 Å². The maximum atomic E-state index is 4.46. The van der Waals surface area contributed by atoms with Crippen molar-refractivity contribution < 1.29 is 0 Å². The molecule has 0 spiro atoms. The van der Waals surface area contributed by atoms with Crippen LogP contribution in [0.25, 0.3) is 0 Å². The highest BCUT2D eigenvalue weighted by molar-refractivity contribution is 5.09. The number of hydrogen-bond acceptors (Lipinski definition) is 2. The van der Waals surface area contributed by atoms with Gasteiger partial charge in [-0.05, 0) is 24.8 Å². The fourth-order valence-corrected chi connectivity index (χ4v) is 2.70. The van der Waals surface area contributed by atoms with Crippen molar-refractivity contribution in [3.63, 3.8) is 0 Å². The van der Waals surface area contributed by atoms with Crippen molar-refractivity contribution in [1.29, 1.82) is 0 Å². The summed E-state index contributed by atoms with van der Waals surface area (Å²) in [6.07, 6.45) is 7.48. The Hall–Kier alpha value is -0.830. The predicted octanol–water partition coefficient (Wildman–Crippen LogP) is 2.13. The number of aromatic nitrogens is 2. The number of aryl methyl sites for hydroxylation is 1. The van der Waals surface area contributed by atoms with Crippen molar-refractivity contribution in [1.82, 2.24) is 14.9 Å². The standard InChI is InChI=1S/C13H23N3/c1-12(2,3)13(6-5-7-15-13)10-11-14-8-9-16(11)4/h8-9,15H,5-7,10H2,1-4H3. The number of rotatable bonds is 2. The largest absolute Gasteiger partial charge is 0.338 e. The van der Waals surface area contributed by atoms with Crippen LogP contribution in [0.15, 0.2) is 12.4 Å². The van der Waals surface area contributed by atoms with Crippen LogP contribution in [-0.4, -0.2) is 21.6 Å². The third kappa shape index (κ3) is 1.88. The van der Waals surface area contributed by atoms with Crippen LogP contribution in [0, 0.1) is 5.41 Å². The van der Waals surface area contributed by atoms with E-state index in [0.29, 0.717) is 0 Å². The maximum absolute atomic E-state index is 4.46. The predicted molar refractivity (Wildman–Crippen MR) is 66.3 cm³/mol. The third-order valence-corrected chi connectivity index (χ3v) is 4.06. The lowest BCUT2D eigenvalue weighted by Gasteiger charge is -2.42. The van der Waals surface area contributed by atoms with Crippen LogP contribution in [0.5, 0.6) is 0 Å². The van der Waals surface area contributed by atoms with Crippen LogP contribution < -0.4 is 5.32 Å². The van der Waals surface area contributed by atoms with E-state index in [1.165, 1.54) is 18.7 Å². The first-order valence-electron chi connectivity index (χ1n) is 6.16. The van der Waals surface area contributed by atoms with E-state index >= 15 is 0 Å². The van der Waals surface area contributed by atoms with Gasteiger partial charge in [-0.25, -0.2) is 4.98 Å². The molecular formula is C13H23N3. The topological polar surface area (TPSA) is 29.9 Å². The molecule has 0 saturated carbocycles. The lowest BCUT2D eigenvalue weighted by Crippen LogP contribution is -2.53. The molecule has 1 aromatic heterocycles. The van der Waals surface area contributed by atoms with Gasteiger partial charge in [0.15, 0.2) is 0 Å². The van der Waals surface area contributed by atoms with Gasteiger partial charge in [0, 0.05) is 31.4 Å². The van der Waals surface area contributed by atoms with Gasteiger partial charge in [0.1, 0.15) is 5.82 Å². The molecule has 1 N–H and O–H groups in total. The molecule has 0 aliphatic carbocycles. The molecule has 0 amide bonds. The Morgan fingerprint density at radius 3 is 2.69 bits per heavy atom. The smallest absolute Gasteiger partial charge is 0.110 e. The van der Waals surface area contributed by atoms with Gasteiger partial charge >= 0.3 is 0 Å². The van der Waals surface area contributed by atoms with E-state index in [2.05, 4.69) is 42.7 Å². The summed E-state index contributed by atoms with van der Waals surface area (Å²) < 4.78 is 2.13. The number of hydrogen-bond donors (Lipinski definition) is 1. The molecule has 3 nitrogen and oxygen atoms in total. The molecule has 1 aromatic rings. The molecule has 0 radical (unpaired) electrons. The van der Waals surface area contributed by atoms with E-state index in [-0.39, 0.29) is 11.0 Å². The molecule has 1 atom stereocenters. The van der Waals surface area contributed by atoms with Crippen LogP contribution in [0.1, 0.15) is 39.4 Å². The second-order valence-corrected chi connectivity index (χ2v) is 5.99. The normalized spacial score (nSPS) is 26.2. The first kappa shape index (κ1) is 11.6. The Bertz CT molecular complexity index is 353. The van der Waals surface area contributed by atoms with Gasteiger partial charge in [0.2, 0.25) is 0 Å². The maximum Gasteiger partial charge on any atom is 0.110 e. The van der Waals surface area contributed by atoms with Crippen molar-refractivity contribution in [2.24, 2.45) is 12.5 Å². The fourth-order valence-electron chi connectivity index (χ4n) is 2.70. The van der Waals surface area contributed by atoms with Crippen LogP contribution in [0.4, 0.5) is 0 Å². The van der Waals surface area contributed by atoms with Gasteiger partial charge in [-0.2, -0.15) is 0 Å². The van der Waals surface area contributed by atoms with Gasteiger partial charge in [-0.3, -0.25) is 0 Å². The van der Waals surface area contributed by atoms with Crippen LogP contribution in [-0.2, 0) is 13.5 Å². The Labute approximate surface area is 98.3 Å². The minimum atomic E-state index is 0.214. The molecule has 0 aromatic carbocycles. The van der Waals surface area contributed by atoms with Crippen molar-refractivity contribution in [3.8, 4) is 0 Å². The van der Waals surface area contributed by atoms with Crippen LogP contribution in [0.2, 0.25) is 0 Å². The average molecular weight is 221 g/mol. The number of nitrogens with one attached hydrogen (secondary N) is 1. The Morgan fingerprint density at radius 2 is 2.25 bits per heavy atom. The third-order valence-electron chi connectivity index (χ3n) is 4.06. The summed E-state index contributed by atoms with van der Waals surface area (Å²) in [4.78, 5) is 4.46. The second kappa shape index (κ2) is 3.88. The molecule has 1 aliphatic heterocycles. The van der Waals surface area contributed by atoms with E-state index < -0.39 is 0 Å². The Kier molecular flexibility index (Phi) is 2.82. The lowest BCUT2D eigenvalue weighted by molar-refractivity contribution is 0.156. The molecule has 2 heterocycles. The molecule has 3 heteroatoms. The van der Waals surface area contributed by atoms with Crippen molar-refractivity contribution in [2.75, 3.05) is 6.54 Å². The first-order chi connectivity index (χ1) is 7.45. The first-order valence-corrected chi connectivity index (χ1v) is 6.16. The summed E-state index contributed by atoms with van der Waals surface area (Å²) in [5.74, 6) is 1.18. The second-order valence-electron chi connectivity index (χ2n) is 5.99. The van der Waals surface area contributed by atoms with E-state index in [9.17, 15) is 0 Å². The molecule has 90 valence electrons. The van der Waals surface area contributed by atoms with Crippen LogP contribution >= 0.6 is 0 Å². The molecule has 16 heavy (non-hydrogen) atoms. The zero-order chi connectivity index (χ0) is 11.8. The minimum Gasteiger partial charge on any atom is -0.338 e. The van der Waals surface area contributed by atoms with Gasteiger partial charge in [-0.1, -0.05) is 20.8 Å². The number of imidazole rings is 1. The zero-order valence-corrected chi connectivity index (χ0v) is 10.9. The van der Waals surface area contributed by atoms with Gasteiger partial charge < -0.3 is 9.88 Å². The molecular weight excluding hydrogens is 198 g/mol. The molecule has 0 bridgehead atoms. The Balaban J connectivity index is 2.25. The molecule has 2 rings (SSSR count). The summed E-state index contributed by atoms with van der Waals surface area (Å²) in [5, 5.41) is 3.72. The van der Waals surface area contributed by atoms with Gasteiger partial charge in [0.05, 0.1) is 0 Å². The molecule has 1 aliphatic rings. The monoisotopic (exact) mass is 221 g/mol. The Morgan fingerprint density at radius 1 is 1.50 bits per heavy atom. The average Bonchev–Trinajstić information content (AvgIpc) is 2.77. The SMILES string of the molecule is Cn1ccnc1CC1(C(C)(C)C)CCCN1. The summed E-state index contributed by atoms with van der Waals surface area (Å²) in [7, 11) is 2.08. The molecule has 1 unspecified atom stereocenters. The van der Waals surface area contributed by atoms with Crippen molar-refractivity contribution in [3.05, 3.63) is 18.2 Å². The highest BCUT2D eigenvalue weighted by Gasteiger charge is 2.44. The van der Waals surface area contributed by atoms with Crippen molar-refractivity contribution >= 4 is 0 Å². The van der Waals surface area contributed by atoms with Crippen molar-refractivity contribution in [2.45, 2.75) is 45.6 Å². The summed E-state index contributed by atoms with van der Waals surface area (Å²) in [6.45, 7) is 8.12.